The monoisotopic (exact) mass is 659 g/mol. The molecule has 1 unspecified atom stereocenters. The summed E-state index contributed by atoms with van der Waals surface area (Å²) >= 11 is 0. The van der Waals surface area contributed by atoms with Crippen molar-refractivity contribution in [2.24, 2.45) is 0 Å². The third-order valence-corrected chi connectivity index (χ3v) is 8.06. The second-order valence-electron chi connectivity index (χ2n) is 11.6. The number of fused-ring (bicyclic) bond motifs is 1. The predicted molar refractivity (Wildman–Crippen MR) is 184 cm³/mol. The van der Waals surface area contributed by atoms with Gasteiger partial charge in [-0.2, -0.15) is 0 Å². The van der Waals surface area contributed by atoms with Gasteiger partial charge < -0.3 is 40.7 Å². The number of methoxy groups -OCH3 is 1. The zero-order valence-corrected chi connectivity index (χ0v) is 28.0. The van der Waals surface area contributed by atoms with Gasteiger partial charge in [0.2, 0.25) is 17.7 Å². The number of rotatable bonds is 16. The molecular formula is C36H45N5O7. The molecule has 0 aromatic heterocycles. The lowest BCUT2D eigenvalue weighted by Gasteiger charge is -2.21. The Morgan fingerprint density at radius 1 is 0.979 bits per heavy atom. The zero-order chi connectivity index (χ0) is 34.6. The van der Waals surface area contributed by atoms with Crippen molar-refractivity contribution in [3.05, 3.63) is 76.9 Å². The van der Waals surface area contributed by atoms with E-state index in [9.17, 15) is 24.3 Å². The molecule has 1 aliphatic heterocycles. The maximum absolute atomic E-state index is 13.6. The summed E-state index contributed by atoms with van der Waals surface area (Å²) in [4.78, 5) is 52.5. The largest absolute Gasteiger partial charge is 0.493 e. The summed E-state index contributed by atoms with van der Waals surface area (Å²) < 4.78 is 11.7. The molecule has 256 valence electrons. The van der Waals surface area contributed by atoms with Crippen molar-refractivity contribution in [3.63, 3.8) is 0 Å². The van der Waals surface area contributed by atoms with Crippen molar-refractivity contribution < 1.29 is 33.8 Å². The summed E-state index contributed by atoms with van der Waals surface area (Å²) in [5, 5.41) is 20.9. The van der Waals surface area contributed by atoms with E-state index >= 15 is 0 Å². The van der Waals surface area contributed by atoms with Crippen LogP contribution < -0.4 is 35.6 Å². The quantitative estimate of drug-likeness (QED) is 0.144. The number of anilines is 3. The van der Waals surface area contributed by atoms with Crippen molar-refractivity contribution in [3.8, 4) is 11.5 Å². The van der Waals surface area contributed by atoms with Crippen LogP contribution in [-0.2, 0) is 34.0 Å². The lowest BCUT2D eigenvalue weighted by Crippen LogP contribution is -2.45. The van der Waals surface area contributed by atoms with Crippen LogP contribution in [0.3, 0.4) is 0 Å². The standard InChI is InChI=1S/C36H45N5O7/c1-5-6-7-12-33(43)38-20-34(44)39-23(2)35(45)40-27-16-24(21-42)15-25(17-27)22-48-32-19-29(37-3)28(18-31(32)47-4)36(46)41-14-13-26-10-8-9-11-30(26)41/h8-11,15-19,23,37,42H,5-7,12-14,20-22H2,1-4H3,(H,38,43)(H,39,44)(H,40,45). The first-order valence-electron chi connectivity index (χ1n) is 16.2. The summed E-state index contributed by atoms with van der Waals surface area (Å²) in [6.07, 6.45) is 3.84. The van der Waals surface area contributed by atoms with Gasteiger partial charge in [0.15, 0.2) is 11.5 Å². The number of ether oxygens (including phenoxy) is 2. The Morgan fingerprint density at radius 2 is 1.75 bits per heavy atom. The molecule has 0 radical (unpaired) electrons. The molecule has 12 nitrogen and oxygen atoms in total. The van der Waals surface area contributed by atoms with Crippen LogP contribution in [0.15, 0.2) is 54.6 Å². The van der Waals surface area contributed by atoms with Crippen molar-refractivity contribution in [2.75, 3.05) is 42.8 Å². The number of amides is 4. The first-order chi connectivity index (χ1) is 23.2. The average molecular weight is 660 g/mol. The normalized spacial score (nSPS) is 12.5. The molecule has 12 heteroatoms. The molecule has 1 atom stereocenters. The summed E-state index contributed by atoms with van der Waals surface area (Å²) in [5.74, 6) is -0.535. The van der Waals surface area contributed by atoms with E-state index in [0.717, 1.165) is 36.9 Å². The van der Waals surface area contributed by atoms with Crippen molar-refractivity contribution in [1.82, 2.24) is 10.6 Å². The highest BCUT2D eigenvalue weighted by molar-refractivity contribution is 6.11. The molecule has 3 aromatic carbocycles. The average Bonchev–Trinajstić information content (AvgIpc) is 3.53. The second kappa shape index (κ2) is 17.2. The minimum absolute atomic E-state index is 0.0628. The number of hydrogen-bond acceptors (Lipinski definition) is 8. The molecule has 1 heterocycles. The molecule has 0 saturated carbocycles. The summed E-state index contributed by atoms with van der Waals surface area (Å²) in [7, 11) is 3.23. The van der Waals surface area contributed by atoms with Gasteiger partial charge in [-0.05, 0) is 66.8 Å². The van der Waals surface area contributed by atoms with Crippen molar-refractivity contribution >= 4 is 40.7 Å². The lowest BCUT2D eigenvalue weighted by atomic mass is 10.1. The van der Waals surface area contributed by atoms with Gasteiger partial charge in [-0.1, -0.05) is 38.0 Å². The van der Waals surface area contributed by atoms with Crippen LogP contribution in [0.2, 0.25) is 0 Å². The van der Waals surface area contributed by atoms with Gasteiger partial charge in [-0.25, -0.2) is 0 Å². The molecule has 0 fully saturated rings. The maximum atomic E-state index is 13.6. The number of nitrogens with one attached hydrogen (secondary N) is 4. The number of para-hydroxylation sites is 1. The highest BCUT2D eigenvalue weighted by atomic mass is 16.5. The SMILES string of the molecule is CCCCCC(=O)NCC(=O)NC(C)C(=O)Nc1cc(CO)cc(COc2cc(NC)c(C(=O)N3CCc4ccccc43)cc2OC)c1. The number of hydrogen-bond donors (Lipinski definition) is 5. The van der Waals surface area contributed by atoms with Gasteiger partial charge in [0.1, 0.15) is 12.6 Å². The highest BCUT2D eigenvalue weighted by Crippen LogP contribution is 2.37. The van der Waals surface area contributed by atoms with E-state index in [-0.39, 0.29) is 31.6 Å². The summed E-state index contributed by atoms with van der Waals surface area (Å²) in [5.41, 5.74) is 4.65. The van der Waals surface area contributed by atoms with Crippen LogP contribution in [0.5, 0.6) is 11.5 Å². The van der Waals surface area contributed by atoms with Crippen LogP contribution >= 0.6 is 0 Å². The predicted octanol–water partition coefficient (Wildman–Crippen LogP) is 4.15. The number of aliphatic hydroxyl groups is 1. The molecule has 48 heavy (non-hydrogen) atoms. The van der Waals surface area contributed by atoms with Gasteiger partial charge in [0.05, 0.1) is 31.5 Å². The van der Waals surface area contributed by atoms with Crippen LogP contribution in [0.25, 0.3) is 0 Å². The fraction of sp³-hybridized carbons (Fsp3) is 0.389. The first kappa shape index (κ1) is 35.7. The van der Waals surface area contributed by atoms with Crippen LogP contribution in [0.1, 0.15) is 66.6 Å². The molecule has 3 aromatic rings. The number of unbranched alkanes of at least 4 members (excludes halogenated alkanes) is 2. The van der Waals surface area contributed by atoms with E-state index < -0.39 is 17.9 Å². The molecule has 4 amide bonds. The number of aliphatic hydroxyl groups excluding tert-OH is 1. The van der Waals surface area contributed by atoms with Gasteiger partial charge in [-0.15, -0.1) is 0 Å². The van der Waals surface area contributed by atoms with Gasteiger partial charge in [0.25, 0.3) is 5.91 Å². The van der Waals surface area contributed by atoms with E-state index in [0.29, 0.717) is 52.5 Å². The molecule has 0 saturated heterocycles. The molecule has 1 aliphatic rings. The fourth-order valence-corrected chi connectivity index (χ4v) is 5.49. The highest BCUT2D eigenvalue weighted by Gasteiger charge is 2.28. The zero-order valence-electron chi connectivity index (χ0n) is 28.0. The van der Waals surface area contributed by atoms with E-state index in [1.165, 1.54) is 7.11 Å². The Morgan fingerprint density at radius 3 is 2.48 bits per heavy atom. The molecular weight excluding hydrogens is 614 g/mol. The minimum atomic E-state index is -0.883. The van der Waals surface area contributed by atoms with Gasteiger partial charge in [0, 0.05) is 37.5 Å². The minimum Gasteiger partial charge on any atom is -0.493 e. The third-order valence-electron chi connectivity index (χ3n) is 8.06. The Kier molecular flexibility index (Phi) is 12.8. The molecule has 5 N–H and O–H groups in total. The van der Waals surface area contributed by atoms with Gasteiger partial charge in [-0.3, -0.25) is 19.2 Å². The smallest absolute Gasteiger partial charge is 0.260 e. The Hall–Kier alpha value is -5.10. The number of carbonyl (C=O) groups excluding carboxylic acids is 4. The summed E-state index contributed by atoms with van der Waals surface area (Å²) in [6, 6.07) is 15.4. The number of carbonyl (C=O) groups is 4. The van der Waals surface area contributed by atoms with E-state index in [2.05, 4.69) is 21.3 Å². The molecule has 0 bridgehead atoms. The van der Waals surface area contributed by atoms with Crippen LogP contribution in [0.4, 0.5) is 17.1 Å². The Labute approximate surface area is 281 Å². The molecule has 0 aliphatic carbocycles. The van der Waals surface area contributed by atoms with Crippen LogP contribution in [0, 0.1) is 0 Å². The Bertz CT molecular complexity index is 1630. The number of benzene rings is 3. The second-order valence-corrected chi connectivity index (χ2v) is 11.6. The van der Waals surface area contributed by atoms with Crippen LogP contribution in [-0.4, -0.2) is 62.0 Å². The third kappa shape index (κ3) is 9.25. The maximum Gasteiger partial charge on any atom is 0.260 e. The van der Waals surface area contributed by atoms with Crippen molar-refractivity contribution in [2.45, 2.75) is 65.2 Å². The summed E-state index contributed by atoms with van der Waals surface area (Å²) in [6.45, 7) is 3.74. The van der Waals surface area contributed by atoms with Gasteiger partial charge >= 0.3 is 0 Å². The molecule has 4 rings (SSSR count). The van der Waals surface area contributed by atoms with E-state index in [1.54, 1.807) is 49.2 Å². The van der Waals surface area contributed by atoms with E-state index in [1.807, 2.05) is 31.2 Å². The first-order valence-corrected chi connectivity index (χ1v) is 16.2. The van der Waals surface area contributed by atoms with Crippen molar-refractivity contribution in [1.29, 1.82) is 0 Å². The topological polar surface area (TPSA) is 158 Å². The lowest BCUT2D eigenvalue weighted by molar-refractivity contribution is -0.128. The van der Waals surface area contributed by atoms with E-state index in [4.69, 9.17) is 9.47 Å². The molecule has 0 spiro atoms. The fourth-order valence-electron chi connectivity index (χ4n) is 5.49. The number of nitrogens with zero attached hydrogens (tertiary/aromatic N) is 1. The Balaban J connectivity index is 1.40.